The average Bonchev–Trinajstić information content (AvgIpc) is 2.88. The lowest BCUT2D eigenvalue weighted by Gasteiger charge is -2.13. The summed E-state index contributed by atoms with van der Waals surface area (Å²) in [4.78, 5) is 24.7. The van der Waals surface area contributed by atoms with Gasteiger partial charge in [-0.1, -0.05) is 18.2 Å². The van der Waals surface area contributed by atoms with E-state index in [-0.39, 0.29) is 12.2 Å². The molecule has 0 aliphatic carbocycles. The molecule has 36 heavy (non-hydrogen) atoms. The van der Waals surface area contributed by atoms with Crippen LogP contribution in [0.5, 0.6) is 28.7 Å². The summed E-state index contributed by atoms with van der Waals surface area (Å²) in [5, 5.41) is 3.94. The summed E-state index contributed by atoms with van der Waals surface area (Å²) in [6.07, 6.45) is 1.44. The molecule has 3 aromatic rings. The molecule has 3 aromatic carbocycles. The first-order valence-corrected chi connectivity index (χ1v) is 11.0. The highest BCUT2D eigenvalue weighted by atomic mass is 16.5. The van der Waals surface area contributed by atoms with Gasteiger partial charge < -0.3 is 23.7 Å². The molecule has 0 aliphatic heterocycles. The number of hydrazone groups is 1. The van der Waals surface area contributed by atoms with Gasteiger partial charge >= 0.3 is 5.97 Å². The fourth-order valence-electron chi connectivity index (χ4n) is 3.19. The number of methoxy groups -OCH3 is 3. The van der Waals surface area contributed by atoms with Crippen LogP contribution in [0.15, 0.2) is 59.7 Å². The van der Waals surface area contributed by atoms with Crippen LogP contribution in [0.3, 0.4) is 0 Å². The lowest BCUT2D eigenvalue weighted by molar-refractivity contribution is -0.123. The van der Waals surface area contributed by atoms with Crippen LogP contribution in [0, 0.1) is 13.8 Å². The summed E-state index contributed by atoms with van der Waals surface area (Å²) in [5.74, 6) is 0.926. The van der Waals surface area contributed by atoms with Crippen molar-refractivity contribution >= 4 is 18.1 Å². The summed E-state index contributed by atoms with van der Waals surface area (Å²) in [7, 11) is 4.40. The number of ether oxygens (including phenoxy) is 5. The Morgan fingerprint density at radius 3 is 2.22 bits per heavy atom. The number of aryl methyl sites for hydroxylation is 2. The highest BCUT2D eigenvalue weighted by Gasteiger charge is 2.18. The standard InChI is InChI=1S/C27H28N2O7/c1-17-9-10-21(11-18(17)2)35-16-25(30)29-28-15-19-7-6-8-22(12-19)36-27(31)20-13-23(32-3)26(34-5)24(14-20)33-4/h6-15H,16H2,1-5H3,(H,29,30). The summed E-state index contributed by atoms with van der Waals surface area (Å²) >= 11 is 0. The molecule has 0 aliphatic rings. The van der Waals surface area contributed by atoms with E-state index in [1.165, 1.54) is 39.7 Å². The van der Waals surface area contributed by atoms with Crippen molar-refractivity contribution < 1.29 is 33.3 Å². The fraction of sp³-hybridized carbons (Fsp3) is 0.222. The molecule has 188 valence electrons. The van der Waals surface area contributed by atoms with Crippen LogP contribution in [-0.4, -0.2) is 46.0 Å². The van der Waals surface area contributed by atoms with E-state index >= 15 is 0 Å². The predicted molar refractivity (Wildman–Crippen MR) is 135 cm³/mol. The van der Waals surface area contributed by atoms with Crippen LogP contribution in [0.1, 0.15) is 27.0 Å². The summed E-state index contributed by atoms with van der Waals surface area (Å²) in [6, 6.07) is 15.3. The number of esters is 1. The molecule has 1 amide bonds. The topological polar surface area (TPSA) is 105 Å². The van der Waals surface area contributed by atoms with E-state index in [1.54, 1.807) is 24.3 Å². The molecule has 9 nitrogen and oxygen atoms in total. The number of hydrogen-bond donors (Lipinski definition) is 1. The van der Waals surface area contributed by atoms with Gasteiger partial charge in [0.25, 0.3) is 5.91 Å². The Morgan fingerprint density at radius 1 is 0.861 bits per heavy atom. The Hall–Kier alpha value is -4.53. The second kappa shape index (κ2) is 12.3. The molecule has 3 rings (SSSR count). The monoisotopic (exact) mass is 492 g/mol. The van der Waals surface area contributed by atoms with Gasteiger partial charge in [0.2, 0.25) is 5.75 Å². The van der Waals surface area contributed by atoms with E-state index in [1.807, 2.05) is 32.0 Å². The third kappa shape index (κ3) is 6.75. The fourth-order valence-corrected chi connectivity index (χ4v) is 3.19. The minimum atomic E-state index is -0.611. The highest BCUT2D eigenvalue weighted by Crippen LogP contribution is 2.38. The van der Waals surface area contributed by atoms with Crippen molar-refractivity contribution in [2.45, 2.75) is 13.8 Å². The number of amides is 1. The van der Waals surface area contributed by atoms with E-state index < -0.39 is 11.9 Å². The molecular weight excluding hydrogens is 464 g/mol. The summed E-state index contributed by atoms with van der Waals surface area (Å²) in [6.45, 7) is 3.80. The average molecular weight is 493 g/mol. The molecule has 0 unspecified atom stereocenters. The van der Waals surface area contributed by atoms with Gasteiger partial charge in [0.1, 0.15) is 11.5 Å². The number of rotatable bonds is 10. The van der Waals surface area contributed by atoms with Crippen LogP contribution in [0.4, 0.5) is 0 Å². The summed E-state index contributed by atoms with van der Waals surface area (Å²) < 4.78 is 26.8. The molecule has 0 aromatic heterocycles. The normalized spacial score (nSPS) is 10.6. The van der Waals surface area contributed by atoms with Gasteiger partial charge in [-0.3, -0.25) is 4.79 Å². The lowest BCUT2D eigenvalue weighted by atomic mass is 10.1. The van der Waals surface area contributed by atoms with Crippen LogP contribution in [0.2, 0.25) is 0 Å². The zero-order valence-corrected chi connectivity index (χ0v) is 20.8. The largest absolute Gasteiger partial charge is 0.493 e. The van der Waals surface area contributed by atoms with Crippen LogP contribution < -0.4 is 29.1 Å². The minimum Gasteiger partial charge on any atom is -0.493 e. The highest BCUT2D eigenvalue weighted by molar-refractivity contribution is 5.93. The van der Waals surface area contributed by atoms with Crippen molar-refractivity contribution in [3.63, 3.8) is 0 Å². The zero-order chi connectivity index (χ0) is 26.1. The molecule has 0 bridgehead atoms. The van der Waals surface area contributed by atoms with E-state index in [9.17, 15) is 9.59 Å². The maximum Gasteiger partial charge on any atom is 0.343 e. The first-order valence-electron chi connectivity index (χ1n) is 11.0. The Kier molecular flexibility index (Phi) is 8.88. The second-order valence-corrected chi connectivity index (χ2v) is 7.70. The molecule has 0 saturated carbocycles. The SMILES string of the molecule is COc1cc(C(=O)Oc2cccc(C=NNC(=O)COc3ccc(C)c(C)c3)c2)cc(OC)c1OC. The number of carbonyl (C=O) groups is 2. The zero-order valence-electron chi connectivity index (χ0n) is 20.8. The van der Waals surface area contributed by atoms with E-state index in [2.05, 4.69) is 10.5 Å². The Morgan fingerprint density at radius 2 is 1.58 bits per heavy atom. The maximum absolute atomic E-state index is 12.7. The smallest absolute Gasteiger partial charge is 0.343 e. The molecule has 1 N–H and O–H groups in total. The first-order chi connectivity index (χ1) is 17.3. The molecule has 0 atom stereocenters. The van der Waals surface area contributed by atoms with Crippen LogP contribution in [0.25, 0.3) is 0 Å². The number of hydrogen-bond acceptors (Lipinski definition) is 8. The van der Waals surface area contributed by atoms with Crippen LogP contribution in [-0.2, 0) is 4.79 Å². The van der Waals surface area contributed by atoms with Crippen molar-refractivity contribution in [2.75, 3.05) is 27.9 Å². The first kappa shape index (κ1) is 26.1. The van der Waals surface area contributed by atoms with Crippen molar-refractivity contribution in [1.82, 2.24) is 5.43 Å². The summed E-state index contributed by atoms with van der Waals surface area (Å²) in [5.41, 5.74) is 5.47. The quantitative estimate of drug-likeness (QED) is 0.197. The van der Waals surface area contributed by atoms with Gasteiger partial charge in [-0.2, -0.15) is 5.10 Å². The molecule has 0 radical (unpaired) electrons. The Labute approximate surface area is 209 Å². The predicted octanol–water partition coefficient (Wildman–Crippen LogP) is 4.08. The maximum atomic E-state index is 12.7. The van der Waals surface area contributed by atoms with E-state index in [0.717, 1.165) is 11.1 Å². The van der Waals surface area contributed by atoms with Gasteiger partial charge in [0.05, 0.1) is 33.1 Å². The Bertz CT molecular complexity index is 1250. The van der Waals surface area contributed by atoms with Gasteiger partial charge in [-0.15, -0.1) is 0 Å². The van der Waals surface area contributed by atoms with Gasteiger partial charge in [0, 0.05) is 0 Å². The second-order valence-electron chi connectivity index (χ2n) is 7.70. The number of carbonyl (C=O) groups excluding carboxylic acids is 2. The third-order valence-electron chi connectivity index (χ3n) is 5.22. The molecule has 9 heteroatoms. The minimum absolute atomic E-state index is 0.174. The third-order valence-corrected chi connectivity index (χ3v) is 5.22. The molecule has 0 fully saturated rings. The molecular formula is C27H28N2O7. The van der Waals surface area contributed by atoms with Crippen molar-refractivity contribution in [2.24, 2.45) is 5.10 Å². The number of nitrogens with zero attached hydrogens (tertiary/aromatic N) is 1. The molecule has 0 spiro atoms. The van der Waals surface area contributed by atoms with Gasteiger partial charge in [0.15, 0.2) is 18.1 Å². The van der Waals surface area contributed by atoms with Crippen molar-refractivity contribution in [3.05, 3.63) is 76.9 Å². The Balaban J connectivity index is 1.59. The van der Waals surface area contributed by atoms with Crippen molar-refractivity contribution in [3.8, 4) is 28.7 Å². The van der Waals surface area contributed by atoms with E-state index in [4.69, 9.17) is 23.7 Å². The number of nitrogens with one attached hydrogen (secondary N) is 1. The molecule has 0 heterocycles. The number of benzene rings is 3. The van der Waals surface area contributed by atoms with Gasteiger partial charge in [-0.05, 0) is 66.9 Å². The lowest BCUT2D eigenvalue weighted by Crippen LogP contribution is -2.24. The van der Waals surface area contributed by atoms with Crippen LogP contribution >= 0.6 is 0 Å². The van der Waals surface area contributed by atoms with E-state index in [0.29, 0.717) is 34.3 Å². The van der Waals surface area contributed by atoms with Gasteiger partial charge in [-0.25, -0.2) is 10.2 Å². The molecule has 0 saturated heterocycles. The van der Waals surface area contributed by atoms with Crippen molar-refractivity contribution in [1.29, 1.82) is 0 Å².